The van der Waals surface area contributed by atoms with Gasteiger partial charge in [-0.3, -0.25) is 4.79 Å². The first-order valence-corrected chi connectivity index (χ1v) is 14.9. The van der Waals surface area contributed by atoms with Crippen molar-refractivity contribution in [1.82, 2.24) is 19.9 Å². The molecule has 6 rings (SSSR count). The van der Waals surface area contributed by atoms with Crippen molar-refractivity contribution in [2.24, 2.45) is 5.92 Å². The molecule has 0 radical (unpaired) electrons. The number of amides is 1. The fourth-order valence-electron chi connectivity index (χ4n) is 6.39. The summed E-state index contributed by atoms with van der Waals surface area (Å²) in [5.74, 6) is 1.01. The summed E-state index contributed by atoms with van der Waals surface area (Å²) in [6.07, 6.45) is 5.53. The summed E-state index contributed by atoms with van der Waals surface area (Å²) in [5, 5.41) is 20.1. The van der Waals surface area contributed by atoms with Crippen LogP contribution in [0.5, 0.6) is 5.75 Å². The van der Waals surface area contributed by atoms with Gasteiger partial charge in [0, 0.05) is 43.0 Å². The van der Waals surface area contributed by atoms with Gasteiger partial charge in [-0.15, -0.1) is 0 Å². The number of halogens is 1. The van der Waals surface area contributed by atoms with Crippen LogP contribution < -0.4 is 25.6 Å². The van der Waals surface area contributed by atoms with Crippen LogP contribution in [0, 0.1) is 11.7 Å². The minimum Gasteiger partial charge on any atom is -0.494 e. The molecular weight excluding hydrogens is 563 g/mol. The van der Waals surface area contributed by atoms with E-state index >= 15 is 4.39 Å². The number of ether oxygens (including phenoxy) is 1. The van der Waals surface area contributed by atoms with Gasteiger partial charge < -0.3 is 35.6 Å². The molecular formula is C32H39FN8O3. The molecule has 4 N–H and O–H groups in total. The molecule has 2 saturated heterocycles. The number of aliphatic hydroxyl groups is 1. The molecule has 2 aliphatic heterocycles. The molecule has 0 spiro atoms. The van der Waals surface area contributed by atoms with Crippen LogP contribution in [0.2, 0.25) is 0 Å². The predicted molar refractivity (Wildman–Crippen MR) is 169 cm³/mol. The Labute approximate surface area is 256 Å². The number of hydrogen-bond donors (Lipinski definition) is 4. The summed E-state index contributed by atoms with van der Waals surface area (Å²) in [6, 6.07) is 7.18. The van der Waals surface area contributed by atoms with E-state index in [0.717, 1.165) is 44.6 Å². The van der Waals surface area contributed by atoms with Gasteiger partial charge in [0.15, 0.2) is 0 Å². The fraction of sp³-hybridized carbons (Fsp3) is 0.438. The number of nitrogens with zero attached hydrogens (tertiary/aromatic N) is 5. The van der Waals surface area contributed by atoms with Crippen molar-refractivity contribution in [2.45, 2.75) is 50.7 Å². The maximum absolute atomic E-state index is 15.0. The summed E-state index contributed by atoms with van der Waals surface area (Å²) in [5.41, 5.74) is 2.33. The lowest BCUT2D eigenvalue weighted by Gasteiger charge is -2.29. The number of fused-ring (bicyclic) bond motifs is 1. The minimum absolute atomic E-state index is 0.163. The zero-order valence-electron chi connectivity index (χ0n) is 25.5. The average molecular weight is 603 g/mol. The van der Waals surface area contributed by atoms with Gasteiger partial charge >= 0.3 is 0 Å². The summed E-state index contributed by atoms with van der Waals surface area (Å²) in [6.45, 7) is 9.82. The van der Waals surface area contributed by atoms with Gasteiger partial charge in [-0.05, 0) is 81.8 Å². The number of aromatic nitrogens is 3. The normalized spacial score (nSPS) is 19.9. The molecule has 3 aromatic rings. The number of carbonyl (C=O) groups is 1. The van der Waals surface area contributed by atoms with Crippen LogP contribution in [0.1, 0.15) is 50.2 Å². The molecule has 2 aromatic carbocycles. The first-order valence-electron chi connectivity index (χ1n) is 14.9. The SMILES string of the molecule is C=CC(=O)Nc1cc(Nc2ncnc(Nc3cc(F)c(C4CC4)cc3C(C)(C)O)n2)c(OC)cc1N1CC[C@@H]2CN(C)C[C@@H]21. The summed E-state index contributed by atoms with van der Waals surface area (Å²) >= 11 is 0. The van der Waals surface area contributed by atoms with E-state index in [1.807, 2.05) is 6.07 Å². The first kappa shape index (κ1) is 29.8. The smallest absolute Gasteiger partial charge is 0.247 e. The molecule has 11 nitrogen and oxygen atoms in total. The van der Waals surface area contributed by atoms with E-state index in [0.29, 0.717) is 45.9 Å². The van der Waals surface area contributed by atoms with Gasteiger partial charge in [0.25, 0.3) is 0 Å². The topological polar surface area (TPSA) is 128 Å². The highest BCUT2D eigenvalue weighted by molar-refractivity contribution is 6.02. The highest BCUT2D eigenvalue weighted by Gasteiger charge is 2.41. The third-order valence-corrected chi connectivity index (χ3v) is 8.68. The fourth-order valence-corrected chi connectivity index (χ4v) is 6.39. The predicted octanol–water partition coefficient (Wildman–Crippen LogP) is 4.88. The molecule has 2 atom stereocenters. The molecule has 1 amide bonds. The van der Waals surface area contributed by atoms with Crippen LogP contribution in [0.4, 0.5) is 39.0 Å². The monoisotopic (exact) mass is 602 g/mol. The second kappa shape index (κ2) is 11.7. The Kier molecular flexibility index (Phi) is 7.89. The van der Waals surface area contributed by atoms with E-state index < -0.39 is 5.60 Å². The maximum atomic E-state index is 15.0. The number of hydrogen-bond acceptors (Lipinski definition) is 10. The molecule has 0 bridgehead atoms. The number of benzene rings is 2. The van der Waals surface area contributed by atoms with Gasteiger partial charge in [0.1, 0.15) is 17.9 Å². The molecule has 3 aliphatic rings. The second-order valence-corrected chi connectivity index (χ2v) is 12.4. The number of nitrogens with one attached hydrogen (secondary N) is 3. The van der Waals surface area contributed by atoms with Crippen LogP contribution in [-0.4, -0.2) is 70.7 Å². The van der Waals surface area contributed by atoms with Crippen molar-refractivity contribution in [1.29, 1.82) is 0 Å². The Morgan fingerprint density at radius 2 is 1.82 bits per heavy atom. The van der Waals surface area contributed by atoms with Crippen LogP contribution >= 0.6 is 0 Å². The summed E-state index contributed by atoms with van der Waals surface area (Å²) < 4.78 is 20.8. The van der Waals surface area contributed by atoms with Crippen molar-refractivity contribution >= 4 is 40.6 Å². The summed E-state index contributed by atoms with van der Waals surface area (Å²) in [7, 11) is 3.72. The first-order chi connectivity index (χ1) is 21.0. The molecule has 12 heteroatoms. The lowest BCUT2D eigenvalue weighted by atomic mass is 9.93. The highest BCUT2D eigenvalue weighted by atomic mass is 19.1. The zero-order valence-corrected chi connectivity index (χ0v) is 25.5. The lowest BCUT2D eigenvalue weighted by molar-refractivity contribution is -0.111. The molecule has 1 aromatic heterocycles. The molecule has 3 heterocycles. The van der Waals surface area contributed by atoms with Gasteiger partial charge in [-0.25, -0.2) is 14.4 Å². The summed E-state index contributed by atoms with van der Waals surface area (Å²) in [4.78, 5) is 30.1. The van der Waals surface area contributed by atoms with E-state index in [-0.39, 0.29) is 29.5 Å². The van der Waals surface area contributed by atoms with Crippen molar-refractivity contribution in [3.05, 3.63) is 60.2 Å². The largest absolute Gasteiger partial charge is 0.494 e. The number of rotatable bonds is 10. The highest BCUT2D eigenvalue weighted by Crippen LogP contribution is 2.45. The van der Waals surface area contributed by atoms with Gasteiger partial charge in [-0.2, -0.15) is 4.98 Å². The Morgan fingerprint density at radius 1 is 1.09 bits per heavy atom. The number of likely N-dealkylation sites (tertiary alicyclic amines) is 1. The molecule has 232 valence electrons. The molecule has 1 aliphatic carbocycles. The van der Waals surface area contributed by atoms with Crippen molar-refractivity contribution in [3.63, 3.8) is 0 Å². The Hall–Kier alpha value is -4.29. The number of carbonyl (C=O) groups excluding carboxylic acids is 1. The van der Waals surface area contributed by atoms with Gasteiger partial charge in [-0.1, -0.05) is 6.58 Å². The number of methoxy groups -OCH3 is 1. The second-order valence-electron chi connectivity index (χ2n) is 12.4. The lowest BCUT2D eigenvalue weighted by Crippen LogP contribution is -2.35. The van der Waals surface area contributed by atoms with E-state index in [1.165, 1.54) is 18.5 Å². The van der Waals surface area contributed by atoms with Gasteiger partial charge in [0.2, 0.25) is 17.8 Å². The quantitative estimate of drug-likeness (QED) is 0.239. The van der Waals surface area contributed by atoms with E-state index in [1.54, 1.807) is 33.1 Å². The number of likely N-dealkylation sites (N-methyl/N-ethyl adjacent to an activating group) is 1. The minimum atomic E-state index is -1.22. The average Bonchev–Trinajstić information content (AvgIpc) is 3.64. The molecule has 44 heavy (non-hydrogen) atoms. The third-order valence-electron chi connectivity index (χ3n) is 8.68. The zero-order chi connectivity index (χ0) is 31.2. The molecule has 3 fully saturated rings. The maximum Gasteiger partial charge on any atom is 0.247 e. The Bertz CT molecular complexity index is 1590. The van der Waals surface area contributed by atoms with Crippen molar-refractivity contribution < 1.29 is 19.0 Å². The standard InChI is InChI=1S/C32H39FN8O3/c1-6-29(42)36-24-13-25(28(44-5)14-26(24)41-10-9-19-15-40(4)16-27(19)41)38-31-35-17-34-30(39-31)37-23-12-22(33)20(18-7-8-18)11-21(23)32(2,3)43/h6,11-14,17-19,27,43H,1,7-10,15-16H2,2-5H3,(H,36,42)(H2,34,35,37,38,39)/t19-,27+/m1/s1. The van der Waals surface area contributed by atoms with Crippen LogP contribution in [0.3, 0.4) is 0 Å². The Balaban J connectivity index is 1.30. The van der Waals surface area contributed by atoms with E-state index in [2.05, 4.69) is 54.3 Å². The van der Waals surface area contributed by atoms with E-state index in [9.17, 15) is 9.90 Å². The third kappa shape index (κ3) is 6.04. The van der Waals surface area contributed by atoms with Crippen LogP contribution in [0.15, 0.2) is 43.2 Å². The number of anilines is 6. The van der Waals surface area contributed by atoms with Gasteiger partial charge in [0.05, 0.1) is 29.8 Å². The molecule has 1 saturated carbocycles. The van der Waals surface area contributed by atoms with Crippen molar-refractivity contribution in [2.75, 3.05) is 54.6 Å². The van der Waals surface area contributed by atoms with Crippen LogP contribution in [0.25, 0.3) is 0 Å². The van der Waals surface area contributed by atoms with E-state index in [4.69, 9.17) is 4.74 Å². The Morgan fingerprint density at radius 3 is 2.48 bits per heavy atom. The van der Waals surface area contributed by atoms with Crippen LogP contribution in [-0.2, 0) is 10.4 Å². The van der Waals surface area contributed by atoms with Crippen molar-refractivity contribution in [3.8, 4) is 5.75 Å². The molecule has 0 unspecified atom stereocenters.